The summed E-state index contributed by atoms with van der Waals surface area (Å²) in [6, 6.07) is 3.07. The molecule has 5 nitrogen and oxygen atoms in total. The summed E-state index contributed by atoms with van der Waals surface area (Å²) in [5.41, 5.74) is 0.0479. The molecule has 0 aromatic carbocycles. The van der Waals surface area contributed by atoms with Crippen LogP contribution in [0.5, 0.6) is 0 Å². The number of nitrogens with one attached hydrogen (secondary N) is 1. The van der Waals surface area contributed by atoms with E-state index in [2.05, 4.69) is 16.6 Å². The molecule has 0 unspecified atom stereocenters. The Labute approximate surface area is 111 Å². The van der Waals surface area contributed by atoms with Crippen molar-refractivity contribution < 1.29 is 4.92 Å². The van der Waals surface area contributed by atoms with Crippen LogP contribution in [0.25, 0.3) is 0 Å². The molecule has 1 N–H and O–H groups in total. The van der Waals surface area contributed by atoms with Crippen molar-refractivity contribution in [2.24, 2.45) is 0 Å². The molecule has 1 saturated carbocycles. The highest BCUT2D eigenvalue weighted by molar-refractivity contribution is 8.00. The number of rotatable bonds is 5. The van der Waals surface area contributed by atoms with Gasteiger partial charge in [-0.1, -0.05) is 12.8 Å². The Bertz CT molecular complexity index is 433. The molecule has 98 valence electrons. The van der Waals surface area contributed by atoms with Gasteiger partial charge in [-0.2, -0.15) is 11.8 Å². The second-order valence-electron chi connectivity index (χ2n) is 4.58. The molecule has 0 atom stereocenters. The van der Waals surface area contributed by atoms with Crippen molar-refractivity contribution in [2.75, 3.05) is 18.1 Å². The van der Waals surface area contributed by atoms with Gasteiger partial charge in [0.1, 0.15) is 0 Å². The Kier molecular flexibility index (Phi) is 4.06. The summed E-state index contributed by atoms with van der Waals surface area (Å²) in [5.74, 6) is 0.378. The van der Waals surface area contributed by atoms with Crippen molar-refractivity contribution in [2.45, 2.75) is 30.4 Å². The van der Waals surface area contributed by atoms with Crippen LogP contribution in [0, 0.1) is 10.1 Å². The fourth-order valence-electron chi connectivity index (χ4n) is 2.40. The minimum absolute atomic E-state index is 0.0479. The van der Waals surface area contributed by atoms with Gasteiger partial charge in [-0.15, -0.1) is 0 Å². The largest absolute Gasteiger partial charge is 0.363 e. The summed E-state index contributed by atoms with van der Waals surface area (Å²) in [6.07, 6.45) is 8.51. The summed E-state index contributed by atoms with van der Waals surface area (Å²) >= 11 is 1.85. The molecule has 0 bridgehead atoms. The van der Waals surface area contributed by atoms with E-state index >= 15 is 0 Å². The summed E-state index contributed by atoms with van der Waals surface area (Å²) in [6.45, 7) is 0.742. The Hall–Kier alpha value is -1.30. The first-order chi connectivity index (χ1) is 8.67. The monoisotopic (exact) mass is 267 g/mol. The number of thioether (sulfide) groups is 1. The fraction of sp³-hybridized carbons (Fsp3) is 0.583. The van der Waals surface area contributed by atoms with Gasteiger partial charge in [-0.05, 0) is 25.2 Å². The van der Waals surface area contributed by atoms with Crippen LogP contribution < -0.4 is 5.32 Å². The Morgan fingerprint density at radius 1 is 1.56 bits per heavy atom. The molecule has 6 heteroatoms. The molecule has 0 radical (unpaired) electrons. The van der Waals surface area contributed by atoms with E-state index in [-0.39, 0.29) is 10.4 Å². The molecule has 0 spiro atoms. The lowest BCUT2D eigenvalue weighted by Gasteiger charge is -2.27. The number of nitrogens with zero attached hydrogens (tertiary/aromatic N) is 2. The van der Waals surface area contributed by atoms with Crippen LogP contribution in [0.15, 0.2) is 18.3 Å². The first kappa shape index (κ1) is 13.1. The lowest BCUT2D eigenvalue weighted by Crippen LogP contribution is -2.30. The average molecular weight is 267 g/mol. The third kappa shape index (κ3) is 2.75. The third-order valence-corrected chi connectivity index (χ3v) is 4.93. The molecule has 2 rings (SSSR count). The lowest BCUT2D eigenvalue weighted by molar-refractivity contribution is -0.384. The molecule has 1 heterocycles. The second-order valence-corrected chi connectivity index (χ2v) is 5.85. The number of pyridine rings is 1. The SMILES string of the molecule is CSC1(CNc2ncccc2[N+](=O)[O-])CCCC1. The number of nitro groups is 1. The topological polar surface area (TPSA) is 68.1 Å². The summed E-state index contributed by atoms with van der Waals surface area (Å²) in [5, 5.41) is 14.0. The van der Waals surface area contributed by atoms with Crippen molar-refractivity contribution in [3.63, 3.8) is 0 Å². The zero-order valence-electron chi connectivity index (χ0n) is 10.4. The smallest absolute Gasteiger partial charge is 0.311 e. The van der Waals surface area contributed by atoms with Gasteiger partial charge in [0, 0.05) is 23.6 Å². The highest BCUT2D eigenvalue weighted by Gasteiger charge is 2.33. The van der Waals surface area contributed by atoms with Crippen molar-refractivity contribution in [1.82, 2.24) is 4.98 Å². The van der Waals surface area contributed by atoms with E-state index in [1.54, 1.807) is 12.3 Å². The van der Waals surface area contributed by atoms with Crippen molar-refractivity contribution in [1.29, 1.82) is 0 Å². The van der Waals surface area contributed by atoms with Gasteiger partial charge in [-0.3, -0.25) is 10.1 Å². The number of hydrogen-bond acceptors (Lipinski definition) is 5. The highest BCUT2D eigenvalue weighted by Crippen LogP contribution is 2.40. The van der Waals surface area contributed by atoms with Crippen LogP contribution in [0.4, 0.5) is 11.5 Å². The number of aromatic nitrogens is 1. The zero-order chi connectivity index (χ0) is 13.0. The molecule has 1 aliphatic rings. The van der Waals surface area contributed by atoms with E-state index in [1.165, 1.54) is 31.7 Å². The maximum Gasteiger partial charge on any atom is 0.311 e. The minimum atomic E-state index is -0.393. The first-order valence-corrected chi connectivity index (χ1v) is 7.28. The average Bonchev–Trinajstić information content (AvgIpc) is 2.86. The lowest BCUT2D eigenvalue weighted by atomic mass is 10.1. The highest BCUT2D eigenvalue weighted by atomic mass is 32.2. The van der Waals surface area contributed by atoms with Gasteiger partial charge in [0.05, 0.1) is 4.92 Å². The molecule has 1 fully saturated rings. The van der Waals surface area contributed by atoms with Crippen LogP contribution in [0.3, 0.4) is 0 Å². The maximum absolute atomic E-state index is 10.9. The Balaban J connectivity index is 2.08. The van der Waals surface area contributed by atoms with Gasteiger partial charge in [-0.25, -0.2) is 4.98 Å². The van der Waals surface area contributed by atoms with Gasteiger partial charge in [0.15, 0.2) is 0 Å². The Morgan fingerprint density at radius 2 is 2.28 bits per heavy atom. The van der Waals surface area contributed by atoms with Crippen LogP contribution in [-0.2, 0) is 0 Å². The van der Waals surface area contributed by atoms with Gasteiger partial charge < -0.3 is 5.32 Å². The molecule has 18 heavy (non-hydrogen) atoms. The van der Waals surface area contributed by atoms with E-state index in [4.69, 9.17) is 0 Å². The normalized spacial score (nSPS) is 17.6. The standard InChI is InChI=1S/C12H17N3O2S/c1-18-12(6-2-3-7-12)9-14-11-10(15(16)17)5-4-8-13-11/h4-5,8H,2-3,6-7,9H2,1H3,(H,13,14). The quantitative estimate of drug-likeness (QED) is 0.656. The predicted octanol–water partition coefficient (Wildman–Crippen LogP) is 3.08. The molecule has 0 aliphatic heterocycles. The summed E-state index contributed by atoms with van der Waals surface area (Å²) in [7, 11) is 0. The second kappa shape index (κ2) is 5.56. The molecular weight excluding hydrogens is 250 g/mol. The minimum Gasteiger partial charge on any atom is -0.363 e. The van der Waals surface area contributed by atoms with E-state index in [0.717, 1.165) is 6.54 Å². The van der Waals surface area contributed by atoms with E-state index in [9.17, 15) is 10.1 Å². The van der Waals surface area contributed by atoms with E-state index in [1.807, 2.05) is 11.8 Å². The third-order valence-electron chi connectivity index (χ3n) is 3.51. The van der Waals surface area contributed by atoms with Gasteiger partial charge in [0.2, 0.25) is 5.82 Å². The number of hydrogen-bond donors (Lipinski definition) is 1. The van der Waals surface area contributed by atoms with Crippen LogP contribution in [0.1, 0.15) is 25.7 Å². The van der Waals surface area contributed by atoms with Crippen molar-refractivity contribution in [3.8, 4) is 0 Å². The summed E-state index contributed by atoms with van der Waals surface area (Å²) < 4.78 is 0.214. The predicted molar refractivity (Wildman–Crippen MR) is 74.1 cm³/mol. The first-order valence-electron chi connectivity index (χ1n) is 6.05. The molecule has 0 amide bonds. The van der Waals surface area contributed by atoms with E-state index < -0.39 is 4.92 Å². The molecule has 1 aromatic rings. The van der Waals surface area contributed by atoms with E-state index in [0.29, 0.717) is 5.82 Å². The fourth-order valence-corrected chi connectivity index (χ4v) is 3.31. The molecule has 1 aromatic heterocycles. The van der Waals surface area contributed by atoms with Crippen molar-refractivity contribution >= 4 is 23.3 Å². The zero-order valence-corrected chi connectivity index (χ0v) is 11.2. The van der Waals surface area contributed by atoms with Crippen molar-refractivity contribution in [3.05, 3.63) is 28.4 Å². The molecule has 0 saturated heterocycles. The van der Waals surface area contributed by atoms with Crippen LogP contribution in [-0.4, -0.2) is 27.5 Å². The number of anilines is 1. The molecular formula is C12H17N3O2S. The molecule has 1 aliphatic carbocycles. The van der Waals surface area contributed by atoms with Gasteiger partial charge >= 0.3 is 5.69 Å². The van der Waals surface area contributed by atoms with Crippen LogP contribution in [0.2, 0.25) is 0 Å². The van der Waals surface area contributed by atoms with Crippen LogP contribution >= 0.6 is 11.8 Å². The summed E-state index contributed by atoms with van der Waals surface area (Å²) in [4.78, 5) is 14.6. The Morgan fingerprint density at radius 3 is 2.89 bits per heavy atom. The van der Waals surface area contributed by atoms with Gasteiger partial charge in [0.25, 0.3) is 0 Å². The maximum atomic E-state index is 10.9.